The molecule has 0 saturated heterocycles. The van der Waals surface area contributed by atoms with E-state index in [9.17, 15) is 4.79 Å². The fraction of sp³-hybridized carbons (Fsp3) is 0.350. The van der Waals surface area contributed by atoms with Gasteiger partial charge >= 0.3 is 5.97 Å². The van der Waals surface area contributed by atoms with E-state index in [4.69, 9.17) is 10.5 Å². The number of carbonyl (C=O) groups is 1. The molecule has 3 nitrogen and oxygen atoms in total. The Labute approximate surface area is 150 Å². The van der Waals surface area contributed by atoms with Crippen LogP contribution in [0.15, 0.2) is 54.6 Å². The molecule has 2 aromatic carbocycles. The number of rotatable bonds is 5. The number of carbonyl (C=O) groups excluding carboxylic acids is 1. The number of hydrogen-bond donors (Lipinski definition) is 1. The van der Waals surface area contributed by atoms with E-state index >= 15 is 0 Å². The van der Waals surface area contributed by atoms with Gasteiger partial charge in [-0.15, -0.1) is 12.4 Å². The van der Waals surface area contributed by atoms with E-state index in [2.05, 4.69) is 36.4 Å². The highest BCUT2D eigenvalue weighted by Gasteiger charge is 2.18. The molecule has 0 aliphatic carbocycles. The first-order chi connectivity index (χ1) is 10.8. The van der Waals surface area contributed by atoms with Crippen molar-refractivity contribution in [3.63, 3.8) is 0 Å². The summed E-state index contributed by atoms with van der Waals surface area (Å²) in [5, 5.41) is 0. The van der Waals surface area contributed by atoms with Gasteiger partial charge in [0, 0.05) is 6.04 Å². The summed E-state index contributed by atoms with van der Waals surface area (Å²) < 4.78 is 5.30. The van der Waals surface area contributed by atoms with E-state index in [0.29, 0.717) is 6.42 Å². The van der Waals surface area contributed by atoms with E-state index in [0.717, 1.165) is 5.56 Å². The summed E-state index contributed by atoms with van der Waals surface area (Å²) in [6.07, 6.45) is 0.895. The van der Waals surface area contributed by atoms with Crippen molar-refractivity contribution in [3.8, 4) is 11.1 Å². The van der Waals surface area contributed by atoms with Gasteiger partial charge in [0.15, 0.2) is 0 Å². The van der Waals surface area contributed by atoms with Crippen molar-refractivity contribution in [3.05, 3.63) is 60.2 Å². The molecule has 0 aliphatic rings. The van der Waals surface area contributed by atoms with E-state index < -0.39 is 5.60 Å². The number of benzene rings is 2. The third-order valence-corrected chi connectivity index (χ3v) is 3.41. The Bertz CT molecular complexity index is 633. The lowest BCUT2D eigenvalue weighted by atomic mass is 10.00. The Morgan fingerprint density at radius 1 is 1.00 bits per heavy atom. The highest BCUT2D eigenvalue weighted by Crippen LogP contribution is 2.20. The van der Waals surface area contributed by atoms with Gasteiger partial charge in [-0.2, -0.15) is 0 Å². The molecular formula is C20H26ClNO2. The summed E-state index contributed by atoms with van der Waals surface area (Å²) in [4.78, 5) is 11.8. The van der Waals surface area contributed by atoms with Crippen LogP contribution in [0.4, 0.5) is 0 Å². The van der Waals surface area contributed by atoms with Gasteiger partial charge in [0.1, 0.15) is 5.60 Å². The zero-order valence-electron chi connectivity index (χ0n) is 14.5. The van der Waals surface area contributed by atoms with Crippen LogP contribution in [0.3, 0.4) is 0 Å². The molecule has 2 aromatic rings. The second kappa shape index (κ2) is 8.86. The first kappa shape index (κ1) is 20.2. The minimum atomic E-state index is -0.464. The zero-order valence-corrected chi connectivity index (χ0v) is 15.3. The lowest BCUT2D eigenvalue weighted by Gasteiger charge is -2.21. The fourth-order valence-corrected chi connectivity index (χ4v) is 2.44. The Morgan fingerprint density at radius 2 is 1.54 bits per heavy atom. The normalized spacial score (nSPS) is 12.2. The number of halogens is 1. The highest BCUT2D eigenvalue weighted by atomic mass is 35.5. The molecule has 0 spiro atoms. The van der Waals surface area contributed by atoms with Crippen LogP contribution >= 0.6 is 12.4 Å². The van der Waals surface area contributed by atoms with Crippen LogP contribution in [0.2, 0.25) is 0 Å². The smallest absolute Gasteiger partial charge is 0.307 e. The van der Waals surface area contributed by atoms with Gasteiger partial charge in [-0.3, -0.25) is 4.79 Å². The standard InChI is InChI=1S/C20H25NO2.ClH/c1-20(2,3)23-19(22)14-18(21)13-15-9-11-17(12-10-15)16-7-5-4-6-8-16;/h4-12,18H,13-14,21H2,1-3H3;1H. The third-order valence-electron chi connectivity index (χ3n) is 3.41. The van der Waals surface area contributed by atoms with E-state index in [-0.39, 0.29) is 30.8 Å². The maximum Gasteiger partial charge on any atom is 0.307 e. The Hall–Kier alpha value is -1.84. The monoisotopic (exact) mass is 347 g/mol. The SMILES string of the molecule is CC(C)(C)OC(=O)CC(N)Cc1ccc(-c2ccccc2)cc1.Cl. The molecule has 0 amide bonds. The van der Waals surface area contributed by atoms with Gasteiger partial charge in [-0.1, -0.05) is 54.6 Å². The van der Waals surface area contributed by atoms with Crippen LogP contribution < -0.4 is 5.73 Å². The van der Waals surface area contributed by atoms with Crippen molar-refractivity contribution >= 4 is 18.4 Å². The van der Waals surface area contributed by atoms with Crippen LogP contribution in [0.25, 0.3) is 11.1 Å². The van der Waals surface area contributed by atoms with Gasteiger partial charge < -0.3 is 10.5 Å². The van der Waals surface area contributed by atoms with Crippen LogP contribution in [0.5, 0.6) is 0 Å². The molecule has 1 unspecified atom stereocenters. The van der Waals surface area contributed by atoms with Crippen molar-refractivity contribution in [2.45, 2.75) is 45.3 Å². The van der Waals surface area contributed by atoms with E-state index in [1.807, 2.05) is 39.0 Å². The molecule has 0 saturated carbocycles. The van der Waals surface area contributed by atoms with Gasteiger partial charge in [0.25, 0.3) is 0 Å². The molecule has 0 fully saturated rings. The minimum Gasteiger partial charge on any atom is -0.460 e. The van der Waals surface area contributed by atoms with Gasteiger partial charge in [0.2, 0.25) is 0 Å². The first-order valence-electron chi connectivity index (χ1n) is 7.95. The number of hydrogen-bond acceptors (Lipinski definition) is 3. The summed E-state index contributed by atoms with van der Waals surface area (Å²) in [7, 11) is 0. The molecule has 0 bridgehead atoms. The molecule has 4 heteroatoms. The molecule has 0 radical (unpaired) electrons. The van der Waals surface area contributed by atoms with Crippen molar-refractivity contribution < 1.29 is 9.53 Å². The van der Waals surface area contributed by atoms with Crippen LogP contribution in [0.1, 0.15) is 32.8 Å². The molecule has 0 aliphatic heterocycles. The topological polar surface area (TPSA) is 52.3 Å². The van der Waals surface area contributed by atoms with Crippen molar-refractivity contribution in [2.24, 2.45) is 5.73 Å². The molecular weight excluding hydrogens is 322 g/mol. The van der Waals surface area contributed by atoms with Crippen molar-refractivity contribution in [1.82, 2.24) is 0 Å². The Morgan fingerprint density at radius 3 is 2.08 bits per heavy atom. The quantitative estimate of drug-likeness (QED) is 0.817. The molecule has 0 heterocycles. The molecule has 1 atom stereocenters. The molecule has 130 valence electrons. The first-order valence-corrected chi connectivity index (χ1v) is 7.95. The van der Waals surface area contributed by atoms with Crippen molar-refractivity contribution in [1.29, 1.82) is 0 Å². The van der Waals surface area contributed by atoms with E-state index in [1.165, 1.54) is 11.1 Å². The maximum atomic E-state index is 11.8. The number of nitrogens with two attached hydrogens (primary N) is 1. The zero-order chi connectivity index (χ0) is 16.9. The van der Waals surface area contributed by atoms with E-state index in [1.54, 1.807) is 0 Å². The average molecular weight is 348 g/mol. The van der Waals surface area contributed by atoms with Crippen LogP contribution in [-0.2, 0) is 16.0 Å². The summed E-state index contributed by atoms with van der Waals surface area (Å²) in [5.41, 5.74) is 9.10. The predicted octanol–water partition coefficient (Wildman–Crippen LogP) is 4.38. The summed E-state index contributed by atoms with van der Waals surface area (Å²) in [6, 6.07) is 18.3. The van der Waals surface area contributed by atoms with Crippen molar-refractivity contribution in [2.75, 3.05) is 0 Å². The third kappa shape index (κ3) is 6.73. The van der Waals surface area contributed by atoms with Gasteiger partial charge in [0.05, 0.1) is 6.42 Å². The van der Waals surface area contributed by atoms with Crippen LogP contribution in [-0.4, -0.2) is 17.6 Å². The maximum absolute atomic E-state index is 11.8. The molecule has 24 heavy (non-hydrogen) atoms. The largest absolute Gasteiger partial charge is 0.460 e. The molecule has 2 rings (SSSR count). The Kier molecular flexibility index (Phi) is 7.46. The van der Waals surface area contributed by atoms with Gasteiger partial charge in [-0.05, 0) is 43.9 Å². The molecule has 0 aromatic heterocycles. The second-order valence-electron chi connectivity index (χ2n) is 6.82. The van der Waals surface area contributed by atoms with Crippen LogP contribution in [0, 0.1) is 0 Å². The predicted molar refractivity (Wildman–Crippen MR) is 101 cm³/mol. The molecule has 2 N–H and O–H groups in total. The number of ether oxygens (including phenoxy) is 1. The lowest BCUT2D eigenvalue weighted by Crippen LogP contribution is -2.31. The Balaban J connectivity index is 0.00000288. The lowest BCUT2D eigenvalue weighted by molar-refractivity contribution is -0.155. The average Bonchev–Trinajstić information content (AvgIpc) is 2.46. The number of esters is 1. The summed E-state index contributed by atoms with van der Waals surface area (Å²) in [5.74, 6) is -0.245. The highest BCUT2D eigenvalue weighted by molar-refractivity contribution is 5.85. The summed E-state index contributed by atoms with van der Waals surface area (Å²) in [6.45, 7) is 5.58. The second-order valence-corrected chi connectivity index (χ2v) is 6.82. The van der Waals surface area contributed by atoms with Gasteiger partial charge in [-0.25, -0.2) is 0 Å². The minimum absolute atomic E-state index is 0. The fourth-order valence-electron chi connectivity index (χ4n) is 2.44. The summed E-state index contributed by atoms with van der Waals surface area (Å²) >= 11 is 0.